The first-order valence-corrected chi connectivity index (χ1v) is 3.70. The second-order valence-corrected chi connectivity index (χ2v) is 2.27. The largest absolute Gasteiger partial charge is 0.222 e. The molecule has 0 saturated carbocycles. The summed E-state index contributed by atoms with van der Waals surface area (Å²) in [6, 6.07) is 0. The first-order chi connectivity index (χ1) is 4.00. The summed E-state index contributed by atoms with van der Waals surface area (Å²) in [6.45, 7) is 0. The van der Waals surface area contributed by atoms with Gasteiger partial charge in [-0.1, -0.05) is 0 Å². The molecular weight excluding hydrogens is 199 g/mol. The molecule has 0 fully saturated rings. The molecule has 0 spiro atoms. The van der Waals surface area contributed by atoms with Gasteiger partial charge in [-0.25, -0.2) is 37.3 Å². The van der Waals surface area contributed by atoms with Crippen LogP contribution in [0.3, 0.4) is 0 Å². The number of hydrogen-bond donors (Lipinski definition) is 0. The molecule has 10 heteroatoms. The van der Waals surface area contributed by atoms with E-state index in [1.807, 2.05) is 0 Å². The fraction of sp³-hybridized carbons (Fsp3) is 0. The molecule has 0 bridgehead atoms. The SMILES string of the molecule is [O-][Cl+3]([O-])([O-])[O-].[O-][Cl+3]([O-])([O-])[O-]. The topological polar surface area (TPSA) is 184 Å². The van der Waals surface area contributed by atoms with E-state index in [1.54, 1.807) is 0 Å². The van der Waals surface area contributed by atoms with Crippen LogP contribution in [0.2, 0.25) is 0 Å². The lowest BCUT2D eigenvalue weighted by Gasteiger charge is -2.17. The van der Waals surface area contributed by atoms with E-state index in [0.29, 0.717) is 0 Å². The van der Waals surface area contributed by atoms with Crippen molar-refractivity contribution in [1.82, 2.24) is 0 Å². The van der Waals surface area contributed by atoms with Gasteiger partial charge in [0.25, 0.3) is 0 Å². The Balaban J connectivity index is 0. The minimum Gasteiger partial charge on any atom is -0.222 e. The lowest BCUT2D eigenvalue weighted by atomic mass is 15.8. The Morgan fingerprint density at radius 2 is 0.400 bits per heavy atom. The van der Waals surface area contributed by atoms with Crippen LogP contribution in [0.1, 0.15) is 0 Å². The Morgan fingerprint density at radius 3 is 0.400 bits per heavy atom. The van der Waals surface area contributed by atoms with Crippen LogP contribution in [0.15, 0.2) is 0 Å². The second-order valence-electron chi connectivity index (χ2n) is 0.756. The highest BCUT2D eigenvalue weighted by Crippen LogP contribution is 1.50. The molecule has 0 aromatic carbocycles. The maximum atomic E-state index is 8.49. The van der Waals surface area contributed by atoms with E-state index < -0.39 is 20.5 Å². The fourth-order valence-corrected chi connectivity index (χ4v) is 0. The van der Waals surface area contributed by atoms with E-state index in [2.05, 4.69) is 0 Å². The van der Waals surface area contributed by atoms with Gasteiger partial charge in [0.2, 0.25) is 0 Å². The highest BCUT2D eigenvalue weighted by molar-refractivity contribution is 2.01. The Labute approximate surface area is 58.7 Å². The van der Waals surface area contributed by atoms with Crippen LogP contribution in [0.5, 0.6) is 0 Å². The molecule has 0 rings (SSSR count). The van der Waals surface area contributed by atoms with Gasteiger partial charge >= 0.3 is 0 Å². The molecule has 10 heavy (non-hydrogen) atoms. The van der Waals surface area contributed by atoms with E-state index in [4.69, 9.17) is 37.3 Å². The molecule has 0 aromatic rings. The lowest BCUT2D eigenvalue weighted by molar-refractivity contribution is -2.00. The third-order valence-electron chi connectivity index (χ3n) is 0. The highest BCUT2D eigenvalue weighted by Gasteiger charge is 1.84. The third kappa shape index (κ3) is 6440. The van der Waals surface area contributed by atoms with Gasteiger partial charge in [0.05, 0.1) is 0 Å². The molecular formula is Cl2O8-2. The highest BCUT2D eigenvalue weighted by atomic mass is 35.7. The van der Waals surface area contributed by atoms with Crippen LogP contribution < -0.4 is 37.3 Å². The molecule has 0 aliphatic heterocycles. The molecule has 0 atom stereocenters. The standard InChI is InChI=1S/2ClHO4/c2*2-1(3,4)5/h2*(H,2,3,4,5)/p-2. The molecule has 0 aromatic heterocycles. The van der Waals surface area contributed by atoms with Crippen molar-refractivity contribution >= 4 is 0 Å². The summed E-state index contributed by atoms with van der Waals surface area (Å²) in [4.78, 5) is 0. The number of hydrogen-bond acceptors (Lipinski definition) is 8. The molecule has 64 valence electrons. The fourth-order valence-electron chi connectivity index (χ4n) is 0. The molecule has 0 aliphatic rings. The first kappa shape index (κ1) is 12.9. The minimum atomic E-state index is -4.94. The summed E-state index contributed by atoms with van der Waals surface area (Å²) in [6.07, 6.45) is 0. The maximum Gasteiger partial charge on any atom is -0.112 e. The third-order valence-corrected chi connectivity index (χ3v) is 0. The summed E-state index contributed by atoms with van der Waals surface area (Å²) in [5, 5.41) is 0. The predicted octanol–water partition coefficient (Wildman–Crippen LogP) is -9.51. The van der Waals surface area contributed by atoms with Crippen molar-refractivity contribution < 1.29 is 57.8 Å². The van der Waals surface area contributed by atoms with Gasteiger partial charge in [0, 0.05) is 0 Å². The number of rotatable bonds is 0. The molecule has 0 saturated heterocycles. The van der Waals surface area contributed by atoms with E-state index in [1.165, 1.54) is 0 Å². The molecule has 0 aliphatic carbocycles. The molecule has 8 nitrogen and oxygen atoms in total. The van der Waals surface area contributed by atoms with Crippen molar-refractivity contribution in [2.45, 2.75) is 0 Å². The Kier molecular flexibility index (Phi) is 5.42. The Bertz CT molecular complexity index is 50.2. The van der Waals surface area contributed by atoms with Gasteiger partial charge < -0.3 is 0 Å². The zero-order valence-electron chi connectivity index (χ0n) is 4.02. The van der Waals surface area contributed by atoms with E-state index in [-0.39, 0.29) is 0 Å². The van der Waals surface area contributed by atoms with Gasteiger partial charge in [0.1, 0.15) is 0 Å². The van der Waals surface area contributed by atoms with Crippen molar-refractivity contribution in [3.8, 4) is 0 Å². The summed E-state index contributed by atoms with van der Waals surface area (Å²) < 4.78 is 67.9. The van der Waals surface area contributed by atoms with Crippen molar-refractivity contribution in [3.63, 3.8) is 0 Å². The molecule has 0 N–H and O–H groups in total. The second kappa shape index (κ2) is 4.20. The summed E-state index contributed by atoms with van der Waals surface area (Å²) in [5.74, 6) is 0. The Morgan fingerprint density at radius 1 is 0.400 bits per heavy atom. The van der Waals surface area contributed by atoms with Crippen molar-refractivity contribution in [3.05, 3.63) is 0 Å². The summed E-state index contributed by atoms with van der Waals surface area (Å²) >= 11 is 0. The maximum absolute atomic E-state index is 8.49. The van der Waals surface area contributed by atoms with Gasteiger partial charge in [-0.3, -0.25) is 0 Å². The van der Waals surface area contributed by atoms with Crippen LogP contribution in [-0.2, 0) is 0 Å². The van der Waals surface area contributed by atoms with Crippen molar-refractivity contribution in [2.75, 3.05) is 0 Å². The average Bonchev–Trinajstić information content (AvgIpc) is 1.12. The molecule has 0 unspecified atom stereocenters. The van der Waals surface area contributed by atoms with Crippen molar-refractivity contribution in [2.24, 2.45) is 0 Å². The summed E-state index contributed by atoms with van der Waals surface area (Å²) in [5.41, 5.74) is 0. The van der Waals surface area contributed by atoms with Crippen LogP contribution in [0, 0.1) is 20.5 Å². The molecule has 0 amide bonds. The van der Waals surface area contributed by atoms with Crippen molar-refractivity contribution in [1.29, 1.82) is 0 Å². The van der Waals surface area contributed by atoms with Crippen LogP contribution in [0.25, 0.3) is 0 Å². The summed E-state index contributed by atoms with van der Waals surface area (Å²) in [7, 11) is -9.89. The monoisotopic (exact) mass is 198 g/mol. The van der Waals surface area contributed by atoms with E-state index in [9.17, 15) is 0 Å². The zero-order valence-corrected chi connectivity index (χ0v) is 5.53. The van der Waals surface area contributed by atoms with Crippen LogP contribution >= 0.6 is 0 Å². The average molecular weight is 199 g/mol. The predicted molar refractivity (Wildman–Crippen MR) is 0 cm³/mol. The van der Waals surface area contributed by atoms with Gasteiger partial charge in [0.15, 0.2) is 0 Å². The van der Waals surface area contributed by atoms with E-state index in [0.717, 1.165) is 0 Å². The van der Waals surface area contributed by atoms with E-state index >= 15 is 0 Å². The quantitative estimate of drug-likeness (QED) is 0.367. The Hall–Kier alpha value is 0.260. The van der Waals surface area contributed by atoms with Gasteiger partial charge in [-0.15, -0.1) is 20.5 Å². The number of halogens is 2. The minimum absolute atomic E-state index is 4.94. The zero-order chi connectivity index (χ0) is 9.00. The first-order valence-electron chi connectivity index (χ1n) is 1.23. The smallest absolute Gasteiger partial charge is 0.112 e. The normalized spacial score (nSPS) is 12.0. The van der Waals surface area contributed by atoms with Crippen LogP contribution in [0.4, 0.5) is 0 Å². The van der Waals surface area contributed by atoms with Crippen LogP contribution in [-0.4, -0.2) is 0 Å². The molecule has 0 heterocycles. The lowest BCUT2D eigenvalue weighted by Crippen LogP contribution is -2.68. The van der Waals surface area contributed by atoms with Gasteiger partial charge in [-0.05, 0) is 0 Å². The molecule has 0 radical (unpaired) electrons. The van der Waals surface area contributed by atoms with Gasteiger partial charge in [-0.2, -0.15) is 0 Å².